The first-order valence-electron chi connectivity index (χ1n) is 7.29. The van der Waals surface area contributed by atoms with Crippen molar-refractivity contribution in [3.8, 4) is 0 Å². The van der Waals surface area contributed by atoms with Gasteiger partial charge in [0.15, 0.2) is 0 Å². The van der Waals surface area contributed by atoms with Gasteiger partial charge in [0, 0.05) is 6.54 Å². The first kappa shape index (κ1) is 12.2. The topological polar surface area (TPSA) is 3.24 Å². The third-order valence-corrected chi connectivity index (χ3v) is 4.67. The number of rotatable bonds is 4. The molecule has 1 aliphatic carbocycles. The highest BCUT2D eigenvalue weighted by Gasteiger charge is 2.25. The van der Waals surface area contributed by atoms with Crippen LogP contribution in [0.5, 0.6) is 0 Å². The minimum absolute atomic E-state index is 0.0968. The average molecular weight is 247 g/mol. The molecule has 18 heavy (non-hydrogen) atoms. The third-order valence-electron chi connectivity index (χ3n) is 4.67. The maximum atomic E-state index is 13.2. The quantitative estimate of drug-likeness (QED) is 0.782. The summed E-state index contributed by atoms with van der Waals surface area (Å²) in [5, 5.41) is 0. The molecule has 1 saturated carbocycles. The predicted octanol–water partition coefficient (Wildman–Crippen LogP) is 3.81. The van der Waals surface area contributed by atoms with E-state index in [0.29, 0.717) is 5.92 Å². The molecule has 1 aromatic carbocycles. The fraction of sp³-hybridized carbons (Fsp3) is 0.625. The van der Waals surface area contributed by atoms with Gasteiger partial charge < -0.3 is 4.90 Å². The summed E-state index contributed by atoms with van der Waals surface area (Å²) >= 11 is 0. The second-order valence-electron chi connectivity index (χ2n) is 5.93. The van der Waals surface area contributed by atoms with Crippen molar-refractivity contribution in [2.45, 2.75) is 38.0 Å². The monoisotopic (exact) mass is 247 g/mol. The van der Waals surface area contributed by atoms with Crippen molar-refractivity contribution in [2.24, 2.45) is 5.92 Å². The van der Waals surface area contributed by atoms with E-state index in [-0.39, 0.29) is 5.82 Å². The lowest BCUT2D eigenvalue weighted by Gasteiger charge is -2.27. The van der Waals surface area contributed by atoms with Crippen LogP contribution in [0.1, 0.15) is 43.6 Å². The van der Waals surface area contributed by atoms with E-state index in [0.717, 1.165) is 12.5 Å². The van der Waals surface area contributed by atoms with E-state index in [9.17, 15) is 4.39 Å². The van der Waals surface area contributed by atoms with Gasteiger partial charge in [-0.3, -0.25) is 0 Å². The molecule has 0 aromatic heterocycles. The molecular weight excluding hydrogens is 225 g/mol. The normalized spacial score (nSPS) is 25.3. The smallest absolute Gasteiger partial charge is 0.123 e. The highest BCUT2D eigenvalue weighted by atomic mass is 19.1. The number of hydrogen-bond donors (Lipinski definition) is 0. The van der Waals surface area contributed by atoms with E-state index in [2.05, 4.69) is 11.0 Å². The van der Waals surface area contributed by atoms with Crippen LogP contribution in [0.25, 0.3) is 0 Å². The summed E-state index contributed by atoms with van der Waals surface area (Å²) in [5.41, 5.74) is 1.18. The van der Waals surface area contributed by atoms with Crippen LogP contribution in [-0.4, -0.2) is 24.5 Å². The highest BCUT2D eigenvalue weighted by Crippen LogP contribution is 2.32. The fourth-order valence-electron chi connectivity index (χ4n) is 3.21. The number of hydrogen-bond acceptors (Lipinski definition) is 1. The van der Waals surface area contributed by atoms with E-state index in [1.807, 2.05) is 6.07 Å². The summed E-state index contributed by atoms with van der Waals surface area (Å²) in [5.74, 6) is 1.45. The molecule has 1 aliphatic heterocycles. The van der Waals surface area contributed by atoms with Crippen LogP contribution in [0.15, 0.2) is 24.3 Å². The Hall–Kier alpha value is -0.890. The fourth-order valence-corrected chi connectivity index (χ4v) is 3.21. The lowest BCUT2D eigenvalue weighted by molar-refractivity contribution is 0.238. The van der Waals surface area contributed by atoms with E-state index in [1.165, 1.54) is 56.8 Å². The average Bonchev–Trinajstić information content (AvgIpc) is 2.76. The van der Waals surface area contributed by atoms with Crippen LogP contribution in [0.2, 0.25) is 0 Å². The molecule has 1 heterocycles. The lowest BCUT2D eigenvalue weighted by atomic mass is 9.83. The van der Waals surface area contributed by atoms with Crippen molar-refractivity contribution in [1.82, 2.24) is 4.90 Å². The van der Waals surface area contributed by atoms with Gasteiger partial charge in [-0.15, -0.1) is 0 Å². The molecule has 0 N–H and O–H groups in total. The second-order valence-corrected chi connectivity index (χ2v) is 5.93. The van der Waals surface area contributed by atoms with Crippen molar-refractivity contribution in [3.63, 3.8) is 0 Å². The summed E-state index contributed by atoms with van der Waals surface area (Å²) in [4.78, 5) is 2.56. The van der Waals surface area contributed by atoms with Crippen molar-refractivity contribution >= 4 is 0 Å². The maximum Gasteiger partial charge on any atom is 0.123 e. The molecular formula is C16H22FN. The van der Waals surface area contributed by atoms with Crippen molar-refractivity contribution < 1.29 is 4.39 Å². The largest absolute Gasteiger partial charge is 0.303 e. The summed E-state index contributed by atoms with van der Waals surface area (Å²) in [6.07, 6.45) is 6.89. The molecule has 2 fully saturated rings. The zero-order valence-corrected chi connectivity index (χ0v) is 10.9. The Balaban J connectivity index is 1.51. The van der Waals surface area contributed by atoms with Gasteiger partial charge in [0.25, 0.3) is 0 Å². The molecule has 0 bridgehead atoms. The number of benzene rings is 1. The minimum Gasteiger partial charge on any atom is -0.303 e. The molecule has 2 aliphatic rings. The van der Waals surface area contributed by atoms with Gasteiger partial charge in [-0.2, -0.15) is 0 Å². The van der Waals surface area contributed by atoms with Gasteiger partial charge >= 0.3 is 0 Å². The van der Waals surface area contributed by atoms with Crippen LogP contribution in [0.3, 0.4) is 0 Å². The minimum atomic E-state index is -0.0968. The van der Waals surface area contributed by atoms with Crippen LogP contribution in [-0.2, 0) is 0 Å². The Morgan fingerprint density at radius 2 is 2.11 bits per heavy atom. The molecule has 98 valence electrons. The highest BCUT2D eigenvalue weighted by molar-refractivity contribution is 5.22. The van der Waals surface area contributed by atoms with Crippen LogP contribution < -0.4 is 0 Å². The summed E-state index contributed by atoms with van der Waals surface area (Å²) < 4.78 is 13.2. The SMILES string of the molecule is Fc1cccc([C@@H]2CCN(CCC3CCC3)C2)c1. The summed E-state index contributed by atoms with van der Waals surface area (Å²) in [6, 6.07) is 7.15. The van der Waals surface area contributed by atoms with E-state index in [4.69, 9.17) is 0 Å². The van der Waals surface area contributed by atoms with Crippen molar-refractivity contribution in [3.05, 3.63) is 35.6 Å². The van der Waals surface area contributed by atoms with Crippen LogP contribution >= 0.6 is 0 Å². The van der Waals surface area contributed by atoms with Gasteiger partial charge in [-0.05, 0) is 55.5 Å². The molecule has 3 rings (SSSR count). The number of likely N-dealkylation sites (tertiary alicyclic amines) is 1. The van der Waals surface area contributed by atoms with Crippen LogP contribution in [0.4, 0.5) is 4.39 Å². The summed E-state index contributed by atoms with van der Waals surface area (Å²) in [6.45, 7) is 3.56. The van der Waals surface area contributed by atoms with E-state index in [1.54, 1.807) is 6.07 Å². The Labute approximate surface area is 109 Å². The zero-order chi connectivity index (χ0) is 12.4. The first-order chi connectivity index (χ1) is 8.81. The molecule has 0 amide bonds. The maximum absolute atomic E-state index is 13.2. The predicted molar refractivity (Wildman–Crippen MR) is 72.2 cm³/mol. The standard InChI is InChI=1S/C16H22FN/c17-16-6-2-5-14(11-16)15-8-10-18(12-15)9-7-13-3-1-4-13/h2,5-6,11,13,15H,1,3-4,7-10,12H2/t15-/m1/s1. The lowest BCUT2D eigenvalue weighted by Crippen LogP contribution is -2.25. The number of halogens is 1. The van der Waals surface area contributed by atoms with E-state index < -0.39 is 0 Å². The van der Waals surface area contributed by atoms with E-state index >= 15 is 0 Å². The number of nitrogens with zero attached hydrogens (tertiary/aromatic N) is 1. The van der Waals surface area contributed by atoms with Gasteiger partial charge in [-0.1, -0.05) is 31.4 Å². The molecule has 0 unspecified atom stereocenters. The third kappa shape index (κ3) is 2.74. The molecule has 1 aromatic rings. The van der Waals surface area contributed by atoms with Gasteiger partial charge in [0.2, 0.25) is 0 Å². The van der Waals surface area contributed by atoms with Crippen LogP contribution in [0, 0.1) is 11.7 Å². The Bertz CT molecular complexity index is 400. The summed E-state index contributed by atoms with van der Waals surface area (Å²) in [7, 11) is 0. The molecule has 0 radical (unpaired) electrons. The Morgan fingerprint density at radius 3 is 2.83 bits per heavy atom. The first-order valence-corrected chi connectivity index (χ1v) is 7.29. The molecule has 1 atom stereocenters. The second kappa shape index (κ2) is 5.40. The molecule has 0 spiro atoms. The van der Waals surface area contributed by atoms with Crippen molar-refractivity contribution in [2.75, 3.05) is 19.6 Å². The van der Waals surface area contributed by atoms with Gasteiger partial charge in [0.1, 0.15) is 5.82 Å². The molecule has 1 nitrogen and oxygen atoms in total. The Morgan fingerprint density at radius 1 is 1.22 bits per heavy atom. The van der Waals surface area contributed by atoms with Gasteiger partial charge in [-0.25, -0.2) is 4.39 Å². The van der Waals surface area contributed by atoms with Gasteiger partial charge in [0.05, 0.1) is 0 Å². The molecule has 1 saturated heterocycles. The van der Waals surface area contributed by atoms with Crippen molar-refractivity contribution in [1.29, 1.82) is 0 Å². The zero-order valence-electron chi connectivity index (χ0n) is 10.9. The Kier molecular flexibility index (Phi) is 3.64. The molecule has 2 heteroatoms.